The van der Waals surface area contributed by atoms with Crippen LogP contribution in [0.2, 0.25) is 0 Å². The van der Waals surface area contributed by atoms with Gasteiger partial charge in [-0.15, -0.1) is 0 Å². The van der Waals surface area contributed by atoms with Crippen molar-refractivity contribution in [3.63, 3.8) is 0 Å². The summed E-state index contributed by atoms with van der Waals surface area (Å²) in [6.45, 7) is 2.55. The summed E-state index contributed by atoms with van der Waals surface area (Å²) < 4.78 is 3.22. The molecule has 1 aromatic rings. The Bertz CT molecular complexity index is 531. The standard InChI is InChI=1S/C17H26BrN3/c1-16-5-11-4-12(6-16)8-17(7-11,10-16)15(19-2)14-13(18)9-20-21(14)3/h9,11-12,15,19H,4-8,10H2,1-3H3. The Kier molecular flexibility index (Phi) is 3.11. The molecule has 3 unspecified atom stereocenters. The summed E-state index contributed by atoms with van der Waals surface area (Å²) in [6.07, 6.45) is 10.6. The van der Waals surface area contributed by atoms with Crippen LogP contribution in [0.1, 0.15) is 57.2 Å². The van der Waals surface area contributed by atoms with Crippen molar-refractivity contribution in [3.8, 4) is 0 Å². The van der Waals surface area contributed by atoms with Crippen LogP contribution in [0.3, 0.4) is 0 Å². The Balaban J connectivity index is 1.77. The van der Waals surface area contributed by atoms with Crippen LogP contribution in [0, 0.1) is 22.7 Å². The van der Waals surface area contributed by atoms with E-state index in [1.54, 1.807) is 0 Å². The third-order valence-corrected chi connectivity index (χ3v) is 7.12. The Morgan fingerprint density at radius 3 is 2.48 bits per heavy atom. The minimum Gasteiger partial charge on any atom is -0.311 e. The first-order chi connectivity index (χ1) is 9.95. The molecule has 4 saturated carbocycles. The van der Waals surface area contributed by atoms with E-state index in [9.17, 15) is 0 Å². The minimum absolute atomic E-state index is 0.421. The summed E-state index contributed by atoms with van der Waals surface area (Å²) >= 11 is 3.73. The van der Waals surface area contributed by atoms with Gasteiger partial charge in [0.05, 0.1) is 22.4 Å². The van der Waals surface area contributed by atoms with Gasteiger partial charge in [0.2, 0.25) is 0 Å². The largest absolute Gasteiger partial charge is 0.311 e. The van der Waals surface area contributed by atoms with Crippen molar-refractivity contribution in [1.82, 2.24) is 15.1 Å². The van der Waals surface area contributed by atoms with Crippen molar-refractivity contribution in [3.05, 3.63) is 16.4 Å². The molecular formula is C17H26BrN3. The van der Waals surface area contributed by atoms with E-state index < -0.39 is 0 Å². The third-order valence-electron chi connectivity index (χ3n) is 6.51. The number of aryl methyl sites for hydroxylation is 1. The van der Waals surface area contributed by atoms with Gasteiger partial charge in [0.15, 0.2) is 0 Å². The summed E-state index contributed by atoms with van der Waals surface area (Å²) in [4.78, 5) is 0. The van der Waals surface area contributed by atoms with Crippen molar-refractivity contribution in [2.45, 2.75) is 51.5 Å². The van der Waals surface area contributed by atoms with E-state index in [4.69, 9.17) is 0 Å². The molecule has 0 aliphatic heterocycles. The van der Waals surface area contributed by atoms with E-state index in [1.165, 1.54) is 44.2 Å². The van der Waals surface area contributed by atoms with Crippen LogP contribution in [-0.2, 0) is 7.05 Å². The van der Waals surface area contributed by atoms with Gasteiger partial charge in [-0.25, -0.2) is 0 Å². The highest BCUT2D eigenvalue weighted by molar-refractivity contribution is 9.10. The molecule has 21 heavy (non-hydrogen) atoms. The van der Waals surface area contributed by atoms with E-state index in [-0.39, 0.29) is 0 Å². The number of hydrogen-bond donors (Lipinski definition) is 1. The fourth-order valence-electron chi connectivity index (χ4n) is 6.61. The summed E-state index contributed by atoms with van der Waals surface area (Å²) in [5.41, 5.74) is 2.36. The molecule has 5 rings (SSSR count). The highest BCUT2D eigenvalue weighted by Crippen LogP contribution is 2.68. The van der Waals surface area contributed by atoms with E-state index in [1.807, 2.05) is 6.20 Å². The molecule has 4 aliphatic carbocycles. The molecule has 1 N–H and O–H groups in total. The van der Waals surface area contributed by atoms with Gasteiger partial charge >= 0.3 is 0 Å². The second-order valence-electron chi connectivity index (χ2n) is 8.36. The van der Waals surface area contributed by atoms with E-state index in [2.05, 4.69) is 52.0 Å². The van der Waals surface area contributed by atoms with Gasteiger partial charge < -0.3 is 5.32 Å². The lowest BCUT2D eigenvalue weighted by Crippen LogP contribution is -2.55. The number of halogens is 1. The van der Waals surface area contributed by atoms with Crippen molar-refractivity contribution < 1.29 is 0 Å². The molecule has 116 valence electrons. The first kappa shape index (κ1) is 14.3. The summed E-state index contributed by atoms with van der Waals surface area (Å²) in [6, 6.07) is 0.421. The Morgan fingerprint density at radius 1 is 1.33 bits per heavy atom. The molecule has 1 aromatic heterocycles. The Hall–Kier alpha value is -0.350. The maximum absolute atomic E-state index is 4.46. The predicted molar refractivity (Wildman–Crippen MR) is 87.9 cm³/mol. The zero-order valence-electron chi connectivity index (χ0n) is 13.3. The highest BCUT2D eigenvalue weighted by atomic mass is 79.9. The van der Waals surface area contributed by atoms with Crippen LogP contribution in [0.4, 0.5) is 0 Å². The lowest BCUT2D eigenvalue weighted by Gasteiger charge is -2.63. The van der Waals surface area contributed by atoms with Crippen molar-refractivity contribution in [2.24, 2.45) is 29.7 Å². The summed E-state index contributed by atoms with van der Waals surface area (Å²) in [5.74, 6) is 1.92. The Labute approximate surface area is 136 Å². The van der Waals surface area contributed by atoms with Gasteiger partial charge in [0.25, 0.3) is 0 Å². The molecule has 3 atom stereocenters. The zero-order chi connectivity index (χ0) is 14.8. The van der Waals surface area contributed by atoms with Gasteiger partial charge in [-0.1, -0.05) is 6.92 Å². The van der Waals surface area contributed by atoms with Crippen LogP contribution in [-0.4, -0.2) is 16.8 Å². The predicted octanol–water partition coefficient (Wildman–Crippen LogP) is 4.05. The van der Waals surface area contributed by atoms with Gasteiger partial charge in [0, 0.05) is 7.05 Å². The first-order valence-electron chi connectivity index (χ1n) is 8.29. The summed E-state index contributed by atoms with van der Waals surface area (Å²) in [7, 11) is 4.21. The van der Waals surface area contributed by atoms with Crippen LogP contribution in [0.5, 0.6) is 0 Å². The fourth-order valence-corrected chi connectivity index (χ4v) is 7.19. The lowest BCUT2D eigenvalue weighted by atomic mass is 9.43. The first-order valence-corrected chi connectivity index (χ1v) is 9.09. The molecule has 4 heteroatoms. The monoisotopic (exact) mass is 351 g/mol. The van der Waals surface area contributed by atoms with Gasteiger partial charge in [-0.3, -0.25) is 4.68 Å². The molecule has 3 nitrogen and oxygen atoms in total. The number of nitrogens with zero attached hydrogens (tertiary/aromatic N) is 2. The van der Waals surface area contributed by atoms with Crippen LogP contribution in [0.25, 0.3) is 0 Å². The number of aromatic nitrogens is 2. The van der Waals surface area contributed by atoms with Gasteiger partial charge in [0.1, 0.15) is 0 Å². The number of rotatable bonds is 3. The molecule has 4 bridgehead atoms. The smallest absolute Gasteiger partial charge is 0.0697 e. The second-order valence-corrected chi connectivity index (χ2v) is 9.21. The molecule has 1 heterocycles. The number of hydrogen-bond acceptors (Lipinski definition) is 2. The van der Waals surface area contributed by atoms with Crippen LogP contribution < -0.4 is 5.32 Å². The molecule has 0 amide bonds. The molecule has 0 aromatic carbocycles. The fraction of sp³-hybridized carbons (Fsp3) is 0.824. The highest BCUT2D eigenvalue weighted by Gasteiger charge is 2.58. The average Bonchev–Trinajstić information content (AvgIpc) is 2.68. The quantitative estimate of drug-likeness (QED) is 0.889. The minimum atomic E-state index is 0.421. The normalized spacial score (nSPS) is 42.5. The zero-order valence-corrected chi connectivity index (χ0v) is 14.9. The van der Waals surface area contributed by atoms with Crippen LogP contribution in [0.15, 0.2) is 10.7 Å². The topological polar surface area (TPSA) is 29.9 Å². The maximum Gasteiger partial charge on any atom is 0.0697 e. The maximum atomic E-state index is 4.46. The Morgan fingerprint density at radius 2 is 2.00 bits per heavy atom. The molecule has 0 saturated heterocycles. The van der Waals surface area contributed by atoms with E-state index in [0.717, 1.165) is 16.3 Å². The molecular weight excluding hydrogens is 326 g/mol. The van der Waals surface area contributed by atoms with Crippen molar-refractivity contribution in [2.75, 3.05) is 7.05 Å². The van der Waals surface area contributed by atoms with E-state index in [0.29, 0.717) is 16.9 Å². The SMILES string of the molecule is CNC(c1c(Br)cnn1C)C12CC3CC(CC(C)(C3)C1)C2. The van der Waals surface area contributed by atoms with Crippen LogP contribution >= 0.6 is 15.9 Å². The van der Waals surface area contributed by atoms with Gasteiger partial charge in [-0.2, -0.15) is 5.10 Å². The van der Waals surface area contributed by atoms with E-state index >= 15 is 0 Å². The molecule has 0 radical (unpaired) electrons. The van der Waals surface area contributed by atoms with Gasteiger partial charge in [-0.05, 0) is 84.2 Å². The molecule has 4 fully saturated rings. The molecule has 0 spiro atoms. The third kappa shape index (κ3) is 2.05. The summed E-state index contributed by atoms with van der Waals surface area (Å²) in [5, 5.41) is 8.13. The second kappa shape index (κ2) is 4.58. The average molecular weight is 352 g/mol. The molecule has 4 aliphatic rings. The van der Waals surface area contributed by atoms with Crippen molar-refractivity contribution in [1.29, 1.82) is 0 Å². The lowest BCUT2D eigenvalue weighted by molar-refractivity contribution is -0.119. The number of nitrogens with one attached hydrogen (secondary N) is 1. The van der Waals surface area contributed by atoms with Crippen molar-refractivity contribution >= 4 is 15.9 Å².